The van der Waals surface area contributed by atoms with Crippen LogP contribution in [-0.4, -0.2) is 0 Å². The number of nitrogens with two attached hydrogens (primary N) is 1. The Morgan fingerprint density at radius 1 is 1.11 bits per heavy atom. The van der Waals surface area contributed by atoms with Gasteiger partial charge in [-0.3, -0.25) is 0 Å². The van der Waals surface area contributed by atoms with E-state index >= 15 is 0 Å². The van der Waals surface area contributed by atoms with Gasteiger partial charge in [0.1, 0.15) is 0 Å². The number of aryl methyl sites for hydroxylation is 1. The van der Waals surface area contributed by atoms with E-state index in [-0.39, 0.29) is 0 Å². The second-order valence-corrected chi connectivity index (χ2v) is 3.97. The first-order valence-corrected chi connectivity index (χ1v) is 7.14. The number of unbranched alkanes of at least 4 members (excludes halogenated alkanes) is 2. The molecular weight excluding hydrogens is 218 g/mol. The molecule has 2 N–H and O–H groups in total. The summed E-state index contributed by atoms with van der Waals surface area (Å²) in [6.07, 6.45) is 8.15. The zero-order valence-corrected chi connectivity index (χ0v) is 13.1. The van der Waals surface area contributed by atoms with Gasteiger partial charge in [0.25, 0.3) is 0 Å². The predicted octanol–water partition coefficient (Wildman–Crippen LogP) is 5.83. The molecule has 1 nitrogen and oxygen atoms in total. The number of benzene rings is 1. The van der Waals surface area contributed by atoms with E-state index in [2.05, 4.69) is 26.8 Å². The summed E-state index contributed by atoms with van der Waals surface area (Å²) in [6.45, 7) is 12.5. The van der Waals surface area contributed by atoms with E-state index in [1.165, 1.54) is 30.4 Å². The van der Waals surface area contributed by atoms with Crippen LogP contribution >= 0.6 is 0 Å². The molecule has 0 fully saturated rings. The molecule has 0 aliphatic carbocycles. The van der Waals surface area contributed by atoms with Crippen LogP contribution < -0.4 is 5.73 Å². The predicted molar refractivity (Wildman–Crippen MR) is 86.8 cm³/mol. The first-order valence-electron chi connectivity index (χ1n) is 7.14. The fourth-order valence-corrected chi connectivity index (χ4v) is 1.37. The van der Waals surface area contributed by atoms with Crippen molar-refractivity contribution >= 4 is 11.8 Å². The van der Waals surface area contributed by atoms with Gasteiger partial charge in [-0.1, -0.05) is 65.2 Å². The summed E-state index contributed by atoms with van der Waals surface area (Å²) in [5, 5.41) is 0. The monoisotopic (exact) mass is 249 g/mol. The SMILES string of the molecule is C/C=C\c1cc(N)ccc1C.CC.CCCCC. The number of rotatable bonds is 3. The molecule has 0 radical (unpaired) electrons. The van der Waals surface area contributed by atoms with Crippen molar-refractivity contribution in [3.63, 3.8) is 0 Å². The Labute approximate surface area is 114 Å². The van der Waals surface area contributed by atoms with Gasteiger partial charge in [0.15, 0.2) is 0 Å². The minimum atomic E-state index is 0.823. The Kier molecular flexibility index (Phi) is 14.7. The number of nitrogen functional groups attached to an aromatic ring is 1. The molecule has 104 valence electrons. The van der Waals surface area contributed by atoms with E-state index in [9.17, 15) is 0 Å². The maximum Gasteiger partial charge on any atom is 0.0320 e. The number of hydrogen-bond donors (Lipinski definition) is 1. The van der Waals surface area contributed by atoms with Crippen LogP contribution in [0.3, 0.4) is 0 Å². The smallest absolute Gasteiger partial charge is 0.0320 e. The second kappa shape index (κ2) is 13.8. The van der Waals surface area contributed by atoms with E-state index in [1.807, 2.05) is 45.0 Å². The Hall–Kier alpha value is -1.24. The molecule has 0 amide bonds. The zero-order valence-electron chi connectivity index (χ0n) is 13.1. The lowest BCUT2D eigenvalue weighted by atomic mass is 10.1. The van der Waals surface area contributed by atoms with Gasteiger partial charge in [-0.2, -0.15) is 0 Å². The molecule has 0 atom stereocenters. The molecule has 0 saturated heterocycles. The van der Waals surface area contributed by atoms with Crippen molar-refractivity contribution in [3.05, 3.63) is 35.4 Å². The van der Waals surface area contributed by atoms with Crippen LogP contribution in [0.2, 0.25) is 0 Å². The molecule has 1 heteroatoms. The van der Waals surface area contributed by atoms with E-state index in [1.54, 1.807) is 0 Å². The van der Waals surface area contributed by atoms with Crippen LogP contribution in [0.15, 0.2) is 24.3 Å². The summed E-state index contributed by atoms with van der Waals surface area (Å²) < 4.78 is 0. The summed E-state index contributed by atoms with van der Waals surface area (Å²) in [7, 11) is 0. The van der Waals surface area contributed by atoms with Crippen molar-refractivity contribution in [3.8, 4) is 0 Å². The molecule has 0 spiro atoms. The van der Waals surface area contributed by atoms with Crippen molar-refractivity contribution in [1.82, 2.24) is 0 Å². The largest absolute Gasteiger partial charge is 0.399 e. The van der Waals surface area contributed by atoms with Gasteiger partial charge in [-0.05, 0) is 37.1 Å². The van der Waals surface area contributed by atoms with Crippen molar-refractivity contribution in [1.29, 1.82) is 0 Å². The van der Waals surface area contributed by atoms with Crippen molar-refractivity contribution in [2.45, 2.75) is 60.8 Å². The van der Waals surface area contributed by atoms with Gasteiger partial charge >= 0.3 is 0 Å². The Morgan fingerprint density at radius 3 is 2.06 bits per heavy atom. The molecule has 0 unspecified atom stereocenters. The molecule has 0 bridgehead atoms. The number of hydrogen-bond acceptors (Lipinski definition) is 1. The Balaban J connectivity index is 0. The quantitative estimate of drug-likeness (QED) is 0.670. The number of allylic oxidation sites excluding steroid dienone is 1. The van der Waals surface area contributed by atoms with Crippen molar-refractivity contribution < 1.29 is 0 Å². The molecule has 0 aliphatic rings. The van der Waals surface area contributed by atoms with Crippen LogP contribution in [0.5, 0.6) is 0 Å². The highest BCUT2D eigenvalue weighted by Crippen LogP contribution is 2.13. The van der Waals surface area contributed by atoms with Gasteiger partial charge < -0.3 is 5.73 Å². The molecule has 0 aliphatic heterocycles. The highest BCUT2D eigenvalue weighted by Gasteiger charge is 1.92. The molecule has 1 rings (SSSR count). The minimum absolute atomic E-state index is 0.823. The van der Waals surface area contributed by atoms with Gasteiger partial charge in [0.05, 0.1) is 0 Å². The molecule has 18 heavy (non-hydrogen) atoms. The zero-order chi connectivity index (χ0) is 14.4. The van der Waals surface area contributed by atoms with E-state index < -0.39 is 0 Å². The normalized spacial score (nSPS) is 9.22. The van der Waals surface area contributed by atoms with E-state index in [0.29, 0.717) is 0 Å². The summed E-state index contributed by atoms with van der Waals surface area (Å²) in [5.41, 5.74) is 8.91. The van der Waals surface area contributed by atoms with Gasteiger partial charge in [-0.15, -0.1) is 0 Å². The first-order chi connectivity index (χ1) is 8.65. The lowest BCUT2D eigenvalue weighted by molar-refractivity contribution is 0.772. The first kappa shape index (κ1) is 19.1. The van der Waals surface area contributed by atoms with Crippen molar-refractivity contribution in [2.24, 2.45) is 0 Å². The summed E-state index contributed by atoms with van der Waals surface area (Å²) in [5.74, 6) is 0. The van der Waals surface area contributed by atoms with Crippen LogP contribution in [0.4, 0.5) is 5.69 Å². The lowest BCUT2D eigenvalue weighted by Gasteiger charge is -2.00. The average molecular weight is 249 g/mol. The fourth-order valence-electron chi connectivity index (χ4n) is 1.37. The molecule has 1 aromatic rings. The second-order valence-electron chi connectivity index (χ2n) is 3.97. The molecule has 1 aromatic carbocycles. The van der Waals surface area contributed by atoms with Gasteiger partial charge in [-0.25, -0.2) is 0 Å². The van der Waals surface area contributed by atoms with Crippen LogP contribution in [0.1, 0.15) is 65.0 Å². The minimum Gasteiger partial charge on any atom is -0.399 e. The Morgan fingerprint density at radius 2 is 1.67 bits per heavy atom. The maximum atomic E-state index is 5.62. The van der Waals surface area contributed by atoms with Crippen LogP contribution in [-0.2, 0) is 0 Å². The summed E-state index contributed by atoms with van der Waals surface area (Å²) in [4.78, 5) is 0. The highest BCUT2D eigenvalue weighted by molar-refractivity contribution is 5.58. The third kappa shape index (κ3) is 9.95. The lowest BCUT2D eigenvalue weighted by Crippen LogP contribution is -1.87. The van der Waals surface area contributed by atoms with Gasteiger partial charge in [0, 0.05) is 5.69 Å². The third-order valence-electron chi connectivity index (χ3n) is 2.36. The van der Waals surface area contributed by atoms with Crippen LogP contribution in [0.25, 0.3) is 6.08 Å². The third-order valence-corrected chi connectivity index (χ3v) is 2.36. The van der Waals surface area contributed by atoms with E-state index in [4.69, 9.17) is 5.73 Å². The summed E-state index contributed by atoms with van der Waals surface area (Å²) in [6, 6.07) is 5.93. The van der Waals surface area contributed by atoms with Crippen molar-refractivity contribution in [2.75, 3.05) is 5.73 Å². The van der Waals surface area contributed by atoms with E-state index in [0.717, 1.165) is 5.69 Å². The summed E-state index contributed by atoms with van der Waals surface area (Å²) >= 11 is 0. The van der Waals surface area contributed by atoms with Crippen LogP contribution in [0, 0.1) is 6.92 Å². The standard InChI is InChI=1S/C10H13N.C5H12.C2H6/c1-3-4-9-7-10(11)6-5-8(9)2;1-3-5-4-2;1-2/h3-7H,11H2,1-2H3;3-5H2,1-2H3;1-2H3/b4-3-;;. The number of anilines is 1. The molecule has 0 aromatic heterocycles. The molecule has 0 heterocycles. The highest BCUT2D eigenvalue weighted by atomic mass is 14.5. The molecule has 0 saturated carbocycles. The average Bonchev–Trinajstić information content (AvgIpc) is 2.38. The van der Waals surface area contributed by atoms with Gasteiger partial charge in [0.2, 0.25) is 0 Å². The molecular formula is C17H31N. The maximum absolute atomic E-state index is 5.62. The fraction of sp³-hybridized carbons (Fsp3) is 0.529. The Bertz CT molecular complexity index is 311. The topological polar surface area (TPSA) is 26.0 Å².